The number of nitrogens with one attached hydrogen (secondary N) is 1. The molecule has 0 saturated carbocycles. The Morgan fingerprint density at radius 2 is 2.05 bits per heavy atom. The number of nitriles is 1. The maximum Gasteiger partial charge on any atom is 0.141 e. The van der Waals surface area contributed by atoms with Crippen LogP contribution in [0.5, 0.6) is 0 Å². The van der Waals surface area contributed by atoms with Crippen LogP contribution < -0.4 is 5.32 Å². The largest absolute Gasteiger partial charge is 0.381 e. The minimum atomic E-state index is -0.512. The quantitative estimate of drug-likeness (QED) is 0.878. The summed E-state index contributed by atoms with van der Waals surface area (Å²) in [7, 11) is 0. The summed E-state index contributed by atoms with van der Waals surface area (Å²) in [5.74, 6) is -0.512. The van der Waals surface area contributed by atoms with Crippen molar-refractivity contribution >= 4 is 33.2 Å². The molecular weight excluding hydrogens is 331 g/mol. The lowest BCUT2D eigenvalue weighted by Gasteiger charge is -2.08. The topological polar surface area (TPSA) is 35.8 Å². The van der Waals surface area contributed by atoms with Gasteiger partial charge in [-0.15, -0.1) is 0 Å². The van der Waals surface area contributed by atoms with Gasteiger partial charge in [-0.25, -0.2) is 4.39 Å². The standard InChI is InChI=1S/C14H9BrClFN2/c15-12-5-9(1-3-13(12)16)8-19-11-2-4-14(17)10(6-11)7-18/h1-6,19H,8H2. The molecule has 0 aromatic heterocycles. The van der Waals surface area contributed by atoms with E-state index in [1.807, 2.05) is 18.2 Å². The molecule has 0 aliphatic carbocycles. The number of nitrogens with zero attached hydrogens (tertiary/aromatic N) is 1. The second-order valence-corrected chi connectivity index (χ2v) is 5.17. The summed E-state index contributed by atoms with van der Waals surface area (Å²) < 4.78 is 14.0. The van der Waals surface area contributed by atoms with Crippen molar-refractivity contribution in [1.82, 2.24) is 0 Å². The van der Waals surface area contributed by atoms with E-state index in [1.54, 1.807) is 12.1 Å². The highest BCUT2D eigenvalue weighted by atomic mass is 79.9. The van der Waals surface area contributed by atoms with Gasteiger partial charge < -0.3 is 5.32 Å². The molecule has 0 atom stereocenters. The fraction of sp³-hybridized carbons (Fsp3) is 0.0714. The molecule has 2 aromatic carbocycles. The first-order valence-electron chi connectivity index (χ1n) is 5.47. The van der Waals surface area contributed by atoms with Gasteiger partial charge in [0, 0.05) is 16.7 Å². The van der Waals surface area contributed by atoms with E-state index in [-0.39, 0.29) is 5.56 Å². The summed E-state index contributed by atoms with van der Waals surface area (Å²) in [4.78, 5) is 0. The third-order valence-electron chi connectivity index (χ3n) is 2.57. The van der Waals surface area contributed by atoms with E-state index < -0.39 is 5.82 Å². The van der Waals surface area contributed by atoms with E-state index >= 15 is 0 Å². The molecule has 2 rings (SSSR count). The first-order chi connectivity index (χ1) is 9.10. The minimum absolute atomic E-state index is 0.0299. The zero-order chi connectivity index (χ0) is 13.8. The lowest BCUT2D eigenvalue weighted by atomic mass is 10.2. The molecule has 2 aromatic rings. The van der Waals surface area contributed by atoms with Gasteiger partial charge in [-0.2, -0.15) is 5.26 Å². The Bertz CT molecular complexity index is 652. The van der Waals surface area contributed by atoms with Crippen LogP contribution in [0.4, 0.5) is 10.1 Å². The lowest BCUT2D eigenvalue weighted by molar-refractivity contribution is 0.624. The average molecular weight is 340 g/mol. The van der Waals surface area contributed by atoms with Crippen LogP contribution >= 0.6 is 27.5 Å². The van der Waals surface area contributed by atoms with Gasteiger partial charge in [0.2, 0.25) is 0 Å². The molecule has 0 amide bonds. The summed E-state index contributed by atoms with van der Waals surface area (Å²) in [6.07, 6.45) is 0. The van der Waals surface area contributed by atoms with Crippen LogP contribution in [0.15, 0.2) is 40.9 Å². The van der Waals surface area contributed by atoms with Crippen LogP contribution in [0.25, 0.3) is 0 Å². The Morgan fingerprint density at radius 3 is 2.74 bits per heavy atom. The number of halogens is 3. The SMILES string of the molecule is N#Cc1cc(NCc2ccc(Cl)c(Br)c2)ccc1F. The Hall–Kier alpha value is -1.57. The second kappa shape index (κ2) is 6.05. The molecule has 0 spiro atoms. The molecule has 1 N–H and O–H groups in total. The van der Waals surface area contributed by atoms with Crippen LogP contribution in [0.1, 0.15) is 11.1 Å². The van der Waals surface area contributed by atoms with Gasteiger partial charge in [-0.3, -0.25) is 0 Å². The van der Waals surface area contributed by atoms with Gasteiger partial charge >= 0.3 is 0 Å². The van der Waals surface area contributed by atoms with Crippen molar-refractivity contribution in [2.24, 2.45) is 0 Å². The van der Waals surface area contributed by atoms with Crippen molar-refractivity contribution in [2.45, 2.75) is 6.54 Å². The highest BCUT2D eigenvalue weighted by Crippen LogP contribution is 2.23. The molecular formula is C14H9BrClFN2. The summed E-state index contributed by atoms with van der Waals surface area (Å²) in [6.45, 7) is 0.562. The predicted octanol–water partition coefficient (Wildman–Crippen LogP) is 4.73. The fourth-order valence-electron chi connectivity index (χ4n) is 1.57. The van der Waals surface area contributed by atoms with E-state index in [1.165, 1.54) is 12.1 Å². The average Bonchev–Trinajstić information content (AvgIpc) is 2.41. The maximum atomic E-state index is 13.2. The molecule has 0 fully saturated rings. The van der Waals surface area contributed by atoms with Crippen molar-refractivity contribution in [3.63, 3.8) is 0 Å². The van der Waals surface area contributed by atoms with Gasteiger partial charge in [0.25, 0.3) is 0 Å². The van der Waals surface area contributed by atoms with Crippen LogP contribution in [-0.2, 0) is 6.54 Å². The second-order valence-electron chi connectivity index (χ2n) is 3.91. The molecule has 0 aliphatic rings. The molecule has 0 radical (unpaired) electrons. The number of hydrogen-bond donors (Lipinski definition) is 1. The number of benzene rings is 2. The zero-order valence-corrected chi connectivity index (χ0v) is 12.1. The molecule has 0 unspecified atom stereocenters. The van der Waals surface area contributed by atoms with Crippen molar-refractivity contribution in [3.8, 4) is 6.07 Å². The number of rotatable bonds is 3. The molecule has 96 valence electrons. The molecule has 0 aliphatic heterocycles. The van der Waals surface area contributed by atoms with Crippen molar-refractivity contribution in [3.05, 3.63) is 62.8 Å². The van der Waals surface area contributed by atoms with E-state index in [0.29, 0.717) is 17.3 Å². The molecule has 0 bridgehead atoms. The lowest BCUT2D eigenvalue weighted by Crippen LogP contribution is -2.00. The van der Waals surface area contributed by atoms with Crippen LogP contribution in [0.3, 0.4) is 0 Å². The Kier molecular flexibility index (Phi) is 4.41. The van der Waals surface area contributed by atoms with E-state index in [4.69, 9.17) is 16.9 Å². The highest BCUT2D eigenvalue weighted by Gasteiger charge is 2.03. The van der Waals surface area contributed by atoms with Crippen molar-refractivity contribution in [1.29, 1.82) is 5.26 Å². The van der Waals surface area contributed by atoms with E-state index in [9.17, 15) is 4.39 Å². The minimum Gasteiger partial charge on any atom is -0.381 e. The Balaban J connectivity index is 2.10. The third-order valence-corrected chi connectivity index (χ3v) is 3.78. The molecule has 19 heavy (non-hydrogen) atoms. The fourth-order valence-corrected chi connectivity index (χ4v) is 2.12. The molecule has 0 saturated heterocycles. The molecule has 5 heteroatoms. The van der Waals surface area contributed by atoms with Crippen LogP contribution in [0, 0.1) is 17.1 Å². The summed E-state index contributed by atoms with van der Waals surface area (Å²) in [5.41, 5.74) is 1.76. The van der Waals surface area contributed by atoms with Gasteiger partial charge in [0.15, 0.2) is 0 Å². The van der Waals surface area contributed by atoms with Crippen molar-refractivity contribution < 1.29 is 4.39 Å². The van der Waals surface area contributed by atoms with Crippen LogP contribution in [0.2, 0.25) is 5.02 Å². The summed E-state index contributed by atoms with van der Waals surface area (Å²) in [5, 5.41) is 12.5. The first-order valence-corrected chi connectivity index (χ1v) is 6.64. The molecule has 2 nitrogen and oxygen atoms in total. The third kappa shape index (κ3) is 3.46. The Labute approximate surface area is 123 Å². The molecule has 0 heterocycles. The Morgan fingerprint density at radius 1 is 1.26 bits per heavy atom. The normalized spacial score (nSPS) is 10.0. The van der Waals surface area contributed by atoms with Gasteiger partial charge in [0.1, 0.15) is 11.9 Å². The first kappa shape index (κ1) is 13.9. The summed E-state index contributed by atoms with van der Waals surface area (Å²) >= 11 is 9.26. The number of anilines is 1. The number of hydrogen-bond acceptors (Lipinski definition) is 2. The van der Waals surface area contributed by atoms with Gasteiger partial charge in [0.05, 0.1) is 10.6 Å². The monoisotopic (exact) mass is 338 g/mol. The van der Waals surface area contributed by atoms with Gasteiger partial charge in [-0.05, 0) is 51.8 Å². The highest BCUT2D eigenvalue weighted by molar-refractivity contribution is 9.10. The predicted molar refractivity (Wildman–Crippen MR) is 77.6 cm³/mol. The van der Waals surface area contributed by atoms with Crippen LogP contribution in [-0.4, -0.2) is 0 Å². The summed E-state index contributed by atoms with van der Waals surface area (Å²) in [6, 6.07) is 11.8. The van der Waals surface area contributed by atoms with Gasteiger partial charge in [-0.1, -0.05) is 17.7 Å². The maximum absolute atomic E-state index is 13.2. The van der Waals surface area contributed by atoms with Crippen molar-refractivity contribution in [2.75, 3.05) is 5.32 Å². The zero-order valence-electron chi connectivity index (χ0n) is 9.75. The van der Waals surface area contributed by atoms with E-state index in [0.717, 1.165) is 10.0 Å². The smallest absolute Gasteiger partial charge is 0.141 e. The van der Waals surface area contributed by atoms with E-state index in [2.05, 4.69) is 21.2 Å².